The lowest BCUT2D eigenvalue weighted by atomic mass is 9.50. The van der Waals surface area contributed by atoms with Crippen LogP contribution in [0.4, 0.5) is 0 Å². The number of hydrogen-bond acceptors (Lipinski definition) is 4. The van der Waals surface area contributed by atoms with Crippen LogP contribution in [0.3, 0.4) is 0 Å². The lowest BCUT2D eigenvalue weighted by Gasteiger charge is -2.54. The van der Waals surface area contributed by atoms with Gasteiger partial charge in [-0.25, -0.2) is 0 Å². The molecule has 2 fully saturated rings. The maximum absolute atomic E-state index is 10.7. The molecule has 3 aliphatic rings. The van der Waals surface area contributed by atoms with Gasteiger partial charge >= 0.3 is 0 Å². The van der Waals surface area contributed by atoms with Crippen molar-refractivity contribution < 1.29 is 9.84 Å². The molecule has 1 aromatic carbocycles. The number of fused-ring (bicyclic) bond motifs is 3. The molecule has 1 heterocycles. The number of likely N-dealkylation sites (N-methyl/N-ethyl adjacent to an activating group) is 1. The van der Waals surface area contributed by atoms with Crippen molar-refractivity contribution in [3.05, 3.63) is 28.8 Å². The minimum Gasteiger partial charge on any atom is -0.491 e. The first-order valence-corrected chi connectivity index (χ1v) is 13.0. The Balaban J connectivity index is 1.51. The van der Waals surface area contributed by atoms with Gasteiger partial charge in [-0.1, -0.05) is 47.1 Å². The summed E-state index contributed by atoms with van der Waals surface area (Å²) in [5, 5.41) is 10.7. The summed E-state index contributed by atoms with van der Waals surface area (Å²) in [4.78, 5) is 4.70. The predicted molar refractivity (Wildman–Crippen MR) is 133 cm³/mol. The number of rotatable bonds is 6. The maximum atomic E-state index is 10.7. The standard InChI is InChI=1S/C28H46N2O2/c1-20(2)26-22-8-11-25-27(3,4)12-7-13-28(25,5)23(22)9-10-24(26)32-19-21(31)18-30-16-14-29(6)15-17-30/h9-10,20-21,25,31H,7-8,11-19H2,1-6H3/t21?,25-,28+/m0/s1. The van der Waals surface area contributed by atoms with Crippen LogP contribution in [0.25, 0.3) is 0 Å². The van der Waals surface area contributed by atoms with Gasteiger partial charge in [0.15, 0.2) is 0 Å². The highest BCUT2D eigenvalue weighted by molar-refractivity contribution is 5.51. The van der Waals surface area contributed by atoms with Crippen LogP contribution in [-0.2, 0) is 11.8 Å². The van der Waals surface area contributed by atoms with Crippen LogP contribution < -0.4 is 4.74 Å². The highest BCUT2D eigenvalue weighted by atomic mass is 16.5. The van der Waals surface area contributed by atoms with Crippen LogP contribution in [0.5, 0.6) is 5.75 Å². The van der Waals surface area contributed by atoms with Gasteiger partial charge in [-0.2, -0.15) is 0 Å². The first kappa shape index (κ1) is 24.0. The molecule has 1 unspecified atom stereocenters. The minimum absolute atomic E-state index is 0.276. The summed E-state index contributed by atoms with van der Waals surface area (Å²) in [5.74, 6) is 2.17. The molecule has 0 bridgehead atoms. The van der Waals surface area contributed by atoms with Crippen LogP contribution in [0.2, 0.25) is 0 Å². The van der Waals surface area contributed by atoms with Gasteiger partial charge < -0.3 is 14.7 Å². The van der Waals surface area contributed by atoms with Gasteiger partial charge in [-0.3, -0.25) is 4.90 Å². The Labute approximate surface area is 196 Å². The molecule has 0 amide bonds. The van der Waals surface area contributed by atoms with Gasteiger partial charge in [0, 0.05) is 38.3 Å². The molecular formula is C28H46N2O2. The Hall–Kier alpha value is -1.10. The van der Waals surface area contributed by atoms with E-state index < -0.39 is 6.10 Å². The molecule has 0 spiro atoms. The Morgan fingerprint density at radius 3 is 2.50 bits per heavy atom. The van der Waals surface area contributed by atoms with Crippen LogP contribution in [-0.4, -0.2) is 67.4 Å². The highest BCUT2D eigenvalue weighted by Gasteiger charge is 2.50. The van der Waals surface area contributed by atoms with E-state index >= 15 is 0 Å². The largest absolute Gasteiger partial charge is 0.491 e. The molecule has 2 aliphatic carbocycles. The van der Waals surface area contributed by atoms with Crippen LogP contribution in [0.1, 0.15) is 82.9 Å². The quantitative estimate of drug-likeness (QED) is 0.685. The third-order valence-corrected chi connectivity index (χ3v) is 8.92. The van der Waals surface area contributed by atoms with Crippen molar-refractivity contribution in [1.82, 2.24) is 9.80 Å². The van der Waals surface area contributed by atoms with Crippen LogP contribution >= 0.6 is 0 Å². The lowest BCUT2D eigenvalue weighted by molar-refractivity contribution is 0.0398. The number of aliphatic hydroxyl groups is 1. The molecule has 1 N–H and O–H groups in total. The molecule has 4 heteroatoms. The molecule has 4 nitrogen and oxygen atoms in total. The number of hydrogen-bond donors (Lipinski definition) is 1. The number of aliphatic hydroxyl groups excluding tert-OH is 1. The van der Waals surface area contributed by atoms with Crippen LogP contribution in [0, 0.1) is 11.3 Å². The minimum atomic E-state index is -0.449. The topological polar surface area (TPSA) is 35.9 Å². The highest BCUT2D eigenvalue weighted by Crippen LogP contribution is 2.58. The normalized spacial score (nSPS) is 29.4. The number of ether oxygens (including phenoxy) is 1. The Kier molecular flexibility index (Phi) is 6.96. The average Bonchev–Trinajstić information content (AvgIpc) is 2.72. The Bertz CT molecular complexity index is 797. The van der Waals surface area contributed by atoms with Crippen molar-refractivity contribution >= 4 is 0 Å². The second kappa shape index (κ2) is 9.27. The van der Waals surface area contributed by atoms with Crippen molar-refractivity contribution in [3.8, 4) is 5.75 Å². The van der Waals surface area contributed by atoms with E-state index in [0.29, 0.717) is 24.5 Å². The summed E-state index contributed by atoms with van der Waals surface area (Å²) in [5.41, 5.74) is 5.21. The third kappa shape index (κ3) is 4.60. The molecule has 0 aromatic heterocycles. The van der Waals surface area contributed by atoms with Gasteiger partial charge in [0.05, 0.1) is 0 Å². The summed E-state index contributed by atoms with van der Waals surface area (Å²) in [6.45, 7) is 17.4. The maximum Gasteiger partial charge on any atom is 0.123 e. The predicted octanol–water partition coefficient (Wildman–Crippen LogP) is 4.83. The number of β-amino-alcohol motifs (C(OH)–C–C–N with tert-alkyl or cyclic N) is 1. The monoisotopic (exact) mass is 442 g/mol. The Morgan fingerprint density at radius 1 is 1.09 bits per heavy atom. The van der Waals surface area contributed by atoms with E-state index in [4.69, 9.17) is 4.74 Å². The zero-order valence-electron chi connectivity index (χ0n) is 21.4. The van der Waals surface area contributed by atoms with E-state index in [1.807, 2.05) is 0 Å². The summed E-state index contributed by atoms with van der Waals surface area (Å²) >= 11 is 0. The fraction of sp³-hybridized carbons (Fsp3) is 0.786. The lowest BCUT2D eigenvalue weighted by Crippen LogP contribution is -2.48. The summed E-state index contributed by atoms with van der Waals surface area (Å²) in [6.07, 6.45) is 5.98. The molecule has 4 rings (SSSR count). The van der Waals surface area contributed by atoms with Gasteiger partial charge in [-0.15, -0.1) is 0 Å². The third-order valence-electron chi connectivity index (χ3n) is 8.92. The van der Waals surface area contributed by atoms with Crippen molar-refractivity contribution in [2.75, 3.05) is 46.4 Å². The number of nitrogens with zero attached hydrogens (tertiary/aromatic N) is 2. The second-order valence-corrected chi connectivity index (χ2v) is 12.1. The molecule has 1 saturated heterocycles. The average molecular weight is 443 g/mol. The smallest absolute Gasteiger partial charge is 0.123 e. The number of piperazine rings is 1. The molecular weight excluding hydrogens is 396 g/mol. The van der Waals surface area contributed by atoms with Gasteiger partial charge in [0.1, 0.15) is 18.5 Å². The van der Waals surface area contributed by atoms with E-state index in [-0.39, 0.29) is 5.41 Å². The molecule has 1 saturated carbocycles. The van der Waals surface area contributed by atoms with E-state index in [0.717, 1.165) is 44.3 Å². The van der Waals surface area contributed by atoms with Crippen molar-refractivity contribution in [1.29, 1.82) is 0 Å². The summed E-state index contributed by atoms with van der Waals surface area (Å²) in [6, 6.07) is 4.59. The molecule has 1 aliphatic heterocycles. The van der Waals surface area contributed by atoms with Gasteiger partial charge in [0.25, 0.3) is 0 Å². The summed E-state index contributed by atoms with van der Waals surface area (Å²) < 4.78 is 6.31. The van der Waals surface area contributed by atoms with E-state index in [2.05, 4.69) is 63.6 Å². The van der Waals surface area contributed by atoms with Crippen molar-refractivity contribution in [2.45, 2.75) is 84.2 Å². The molecule has 180 valence electrons. The van der Waals surface area contributed by atoms with E-state index in [1.165, 1.54) is 31.2 Å². The molecule has 0 radical (unpaired) electrons. The zero-order chi connectivity index (χ0) is 23.1. The first-order valence-electron chi connectivity index (χ1n) is 13.0. The van der Waals surface area contributed by atoms with Gasteiger partial charge in [0.2, 0.25) is 0 Å². The second-order valence-electron chi connectivity index (χ2n) is 12.1. The zero-order valence-corrected chi connectivity index (χ0v) is 21.4. The fourth-order valence-corrected chi connectivity index (χ4v) is 7.22. The van der Waals surface area contributed by atoms with Crippen molar-refractivity contribution in [3.63, 3.8) is 0 Å². The molecule has 1 aromatic rings. The molecule has 32 heavy (non-hydrogen) atoms. The first-order chi connectivity index (χ1) is 15.1. The SMILES string of the molecule is CC(C)c1c(OCC(O)CN2CCN(C)CC2)ccc2c1CC[C@H]1C(C)(C)CCC[C@]21C. The molecule has 3 atom stereocenters. The van der Waals surface area contributed by atoms with Crippen molar-refractivity contribution in [2.24, 2.45) is 11.3 Å². The van der Waals surface area contributed by atoms with E-state index in [1.54, 1.807) is 11.1 Å². The summed E-state index contributed by atoms with van der Waals surface area (Å²) in [7, 11) is 2.16. The Morgan fingerprint density at radius 2 is 1.81 bits per heavy atom. The van der Waals surface area contributed by atoms with Crippen LogP contribution in [0.15, 0.2) is 12.1 Å². The fourth-order valence-electron chi connectivity index (χ4n) is 7.22. The van der Waals surface area contributed by atoms with E-state index in [9.17, 15) is 5.11 Å². The van der Waals surface area contributed by atoms with Gasteiger partial charge in [-0.05, 0) is 72.6 Å². The number of benzene rings is 1.